The van der Waals surface area contributed by atoms with E-state index in [9.17, 15) is 0 Å². The maximum Gasteiger partial charge on any atom is 0.0233 e. The summed E-state index contributed by atoms with van der Waals surface area (Å²) in [5.41, 5.74) is 2.91. The number of hydrogen-bond donors (Lipinski definition) is 0. The van der Waals surface area contributed by atoms with Gasteiger partial charge >= 0.3 is 0 Å². The number of benzene rings is 1. The van der Waals surface area contributed by atoms with Crippen molar-refractivity contribution in [3.63, 3.8) is 0 Å². The van der Waals surface area contributed by atoms with Gasteiger partial charge in [0, 0.05) is 6.54 Å². The third-order valence-corrected chi connectivity index (χ3v) is 4.63. The molecule has 0 amide bonds. The van der Waals surface area contributed by atoms with E-state index in [2.05, 4.69) is 56.9 Å². The first-order valence-electron chi connectivity index (χ1n) is 7.87. The summed E-state index contributed by atoms with van der Waals surface area (Å²) in [4.78, 5) is 2.61. The molecule has 1 aliphatic heterocycles. The van der Waals surface area contributed by atoms with E-state index in [0.29, 0.717) is 5.92 Å². The Kier molecular flexibility index (Phi) is 5.04. The van der Waals surface area contributed by atoms with Crippen LogP contribution in [0.15, 0.2) is 24.3 Å². The zero-order chi connectivity index (χ0) is 13.8. The second-order valence-electron chi connectivity index (χ2n) is 6.75. The quantitative estimate of drug-likeness (QED) is 0.759. The number of likely N-dealkylation sites (tertiary alicyclic amines) is 1. The van der Waals surface area contributed by atoms with Crippen LogP contribution in [0.25, 0.3) is 0 Å². The van der Waals surface area contributed by atoms with E-state index in [4.69, 9.17) is 0 Å². The van der Waals surface area contributed by atoms with E-state index in [1.54, 1.807) is 0 Å². The van der Waals surface area contributed by atoms with Gasteiger partial charge in [0.2, 0.25) is 0 Å². The van der Waals surface area contributed by atoms with Gasteiger partial charge in [-0.2, -0.15) is 0 Å². The molecule has 1 aliphatic rings. The van der Waals surface area contributed by atoms with Crippen molar-refractivity contribution in [2.24, 2.45) is 11.8 Å². The van der Waals surface area contributed by atoms with Gasteiger partial charge in [-0.05, 0) is 54.8 Å². The fraction of sp³-hybridized carbons (Fsp3) is 0.667. The third-order valence-electron chi connectivity index (χ3n) is 4.63. The van der Waals surface area contributed by atoms with Crippen LogP contribution in [0.2, 0.25) is 0 Å². The molecule has 106 valence electrons. The van der Waals surface area contributed by atoms with Crippen molar-refractivity contribution in [1.82, 2.24) is 4.90 Å². The smallest absolute Gasteiger partial charge is 0.0233 e. The molecule has 0 N–H and O–H groups in total. The van der Waals surface area contributed by atoms with Crippen LogP contribution >= 0.6 is 0 Å². The van der Waals surface area contributed by atoms with Crippen LogP contribution in [0.5, 0.6) is 0 Å². The number of hydrogen-bond acceptors (Lipinski definition) is 1. The number of nitrogens with zero attached hydrogens (tertiary/aromatic N) is 1. The molecule has 0 aliphatic carbocycles. The normalized spacial score (nSPS) is 18.4. The van der Waals surface area contributed by atoms with E-state index in [-0.39, 0.29) is 0 Å². The maximum absolute atomic E-state index is 2.61. The average molecular weight is 259 g/mol. The molecule has 2 rings (SSSR count). The molecule has 1 aromatic rings. The van der Waals surface area contributed by atoms with Crippen LogP contribution in [0.3, 0.4) is 0 Å². The Morgan fingerprint density at radius 1 is 1.00 bits per heavy atom. The van der Waals surface area contributed by atoms with Crippen LogP contribution in [-0.4, -0.2) is 18.0 Å². The Morgan fingerprint density at radius 3 is 2.05 bits per heavy atom. The number of piperidine rings is 1. The molecule has 0 aromatic heterocycles. The minimum absolute atomic E-state index is 0.635. The Morgan fingerprint density at radius 2 is 1.58 bits per heavy atom. The lowest BCUT2D eigenvalue weighted by molar-refractivity contribution is 0.152. The lowest BCUT2D eigenvalue weighted by Gasteiger charge is -2.33. The second-order valence-corrected chi connectivity index (χ2v) is 6.75. The fourth-order valence-corrected chi connectivity index (χ4v) is 3.04. The lowest BCUT2D eigenvalue weighted by atomic mass is 9.86. The summed E-state index contributed by atoms with van der Waals surface area (Å²) in [6, 6.07) is 9.20. The molecule has 1 aromatic carbocycles. The molecule has 1 heteroatoms. The Labute approximate surface area is 119 Å². The molecular weight excluding hydrogens is 230 g/mol. The predicted molar refractivity (Wildman–Crippen MR) is 83.4 cm³/mol. The molecule has 19 heavy (non-hydrogen) atoms. The molecule has 0 atom stereocenters. The van der Waals surface area contributed by atoms with E-state index < -0.39 is 0 Å². The van der Waals surface area contributed by atoms with Gasteiger partial charge < -0.3 is 0 Å². The largest absolute Gasteiger partial charge is 0.299 e. The van der Waals surface area contributed by atoms with E-state index in [1.807, 2.05) is 0 Å². The summed E-state index contributed by atoms with van der Waals surface area (Å²) in [7, 11) is 0. The summed E-state index contributed by atoms with van der Waals surface area (Å²) in [6.07, 6.45) is 2.75. The Bertz CT molecular complexity index is 369. The summed E-state index contributed by atoms with van der Waals surface area (Å²) in [6.45, 7) is 12.9. The van der Waals surface area contributed by atoms with Gasteiger partial charge in [-0.3, -0.25) is 4.90 Å². The maximum atomic E-state index is 2.61. The first-order valence-corrected chi connectivity index (χ1v) is 7.87. The molecular formula is C18H29N. The van der Waals surface area contributed by atoms with Crippen molar-refractivity contribution in [3.05, 3.63) is 35.4 Å². The first-order chi connectivity index (χ1) is 9.06. The minimum Gasteiger partial charge on any atom is -0.299 e. The molecule has 0 saturated carbocycles. The summed E-state index contributed by atoms with van der Waals surface area (Å²) >= 11 is 0. The van der Waals surface area contributed by atoms with Crippen molar-refractivity contribution in [3.8, 4) is 0 Å². The fourth-order valence-electron chi connectivity index (χ4n) is 3.04. The summed E-state index contributed by atoms with van der Waals surface area (Å²) < 4.78 is 0. The molecule has 0 unspecified atom stereocenters. The van der Waals surface area contributed by atoms with Crippen LogP contribution in [-0.2, 0) is 6.54 Å². The van der Waals surface area contributed by atoms with Gasteiger partial charge in [0.05, 0.1) is 0 Å². The monoisotopic (exact) mass is 259 g/mol. The highest BCUT2D eigenvalue weighted by Gasteiger charge is 2.21. The van der Waals surface area contributed by atoms with Crippen molar-refractivity contribution < 1.29 is 0 Å². The van der Waals surface area contributed by atoms with Gasteiger partial charge in [0.1, 0.15) is 0 Å². The van der Waals surface area contributed by atoms with E-state index >= 15 is 0 Å². The van der Waals surface area contributed by atoms with Crippen LogP contribution < -0.4 is 0 Å². The predicted octanol–water partition coefficient (Wildman–Crippen LogP) is 4.68. The van der Waals surface area contributed by atoms with Gasteiger partial charge in [0.25, 0.3) is 0 Å². The van der Waals surface area contributed by atoms with Gasteiger partial charge in [-0.1, -0.05) is 52.0 Å². The first kappa shape index (κ1) is 14.6. The molecule has 0 spiro atoms. The molecule has 1 fully saturated rings. The molecule has 1 saturated heterocycles. The number of rotatable bonds is 4. The molecule has 0 bridgehead atoms. The van der Waals surface area contributed by atoms with Gasteiger partial charge in [0.15, 0.2) is 0 Å². The molecule has 0 radical (unpaired) electrons. The van der Waals surface area contributed by atoms with Crippen LogP contribution in [0.4, 0.5) is 0 Å². The molecule has 1 nitrogen and oxygen atoms in total. The molecule has 1 heterocycles. The lowest BCUT2D eigenvalue weighted by Crippen LogP contribution is -2.34. The average Bonchev–Trinajstić information content (AvgIpc) is 2.40. The second kappa shape index (κ2) is 6.56. The topological polar surface area (TPSA) is 3.24 Å². The zero-order valence-corrected chi connectivity index (χ0v) is 13.0. The van der Waals surface area contributed by atoms with E-state index in [1.165, 1.54) is 37.1 Å². The van der Waals surface area contributed by atoms with Crippen molar-refractivity contribution in [2.75, 3.05) is 13.1 Å². The van der Waals surface area contributed by atoms with Crippen molar-refractivity contribution in [2.45, 2.75) is 53.0 Å². The summed E-state index contributed by atoms with van der Waals surface area (Å²) in [5, 5.41) is 0. The van der Waals surface area contributed by atoms with Crippen LogP contribution in [0, 0.1) is 11.8 Å². The summed E-state index contributed by atoms with van der Waals surface area (Å²) in [5.74, 6) is 2.43. The van der Waals surface area contributed by atoms with Gasteiger partial charge in [-0.25, -0.2) is 0 Å². The van der Waals surface area contributed by atoms with Gasteiger partial charge in [-0.15, -0.1) is 0 Å². The highest BCUT2D eigenvalue weighted by Crippen LogP contribution is 2.25. The van der Waals surface area contributed by atoms with Crippen LogP contribution in [0.1, 0.15) is 57.6 Å². The highest BCUT2D eigenvalue weighted by molar-refractivity contribution is 5.24. The standard InChI is InChI=1S/C18H29N/c1-14(2)17-7-5-16(6-8-17)13-19-11-9-18(10-12-19)15(3)4/h5-8,14-15,18H,9-13H2,1-4H3. The van der Waals surface area contributed by atoms with Crippen molar-refractivity contribution in [1.29, 1.82) is 0 Å². The Hall–Kier alpha value is -0.820. The third kappa shape index (κ3) is 4.07. The minimum atomic E-state index is 0.635. The zero-order valence-electron chi connectivity index (χ0n) is 13.0. The Balaban J connectivity index is 1.85. The highest BCUT2D eigenvalue weighted by atomic mass is 15.1. The SMILES string of the molecule is CC(C)c1ccc(CN2CCC(C(C)C)CC2)cc1. The van der Waals surface area contributed by atoms with E-state index in [0.717, 1.165) is 18.4 Å². The van der Waals surface area contributed by atoms with Crippen molar-refractivity contribution >= 4 is 0 Å².